The van der Waals surface area contributed by atoms with E-state index < -0.39 is 0 Å². The van der Waals surface area contributed by atoms with Gasteiger partial charge in [-0.05, 0) is 19.4 Å². The van der Waals surface area contributed by atoms with Crippen molar-refractivity contribution >= 4 is 17.7 Å². The topological polar surface area (TPSA) is 20.3 Å². The van der Waals surface area contributed by atoms with E-state index in [2.05, 4.69) is 6.92 Å². The van der Waals surface area contributed by atoms with Crippen LogP contribution in [0, 0.1) is 5.92 Å². The fourth-order valence-corrected chi connectivity index (χ4v) is 3.15. The standard InChI is InChI=1S/C9H13NOS.C2H6/c1-5-4-12-9-6(2)8(11)10(9)7(5)3;1-2/h6,9H,4H2,1-3H3;1-2H3. The van der Waals surface area contributed by atoms with E-state index in [1.165, 1.54) is 11.3 Å². The Morgan fingerprint density at radius 1 is 1.36 bits per heavy atom. The van der Waals surface area contributed by atoms with Crippen LogP contribution in [0.15, 0.2) is 11.3 Å². The fourth-order valence-electron chi connectivity index (χ4n) is 1.70. The Morgan fingerprint density at radius 2 is 1.93 bits per heavy atom. The van der Waals surface area contributed by atoms with E-state index in [1.807, 2.05) is 44.4 Å². The molecule has 3 heteroatoms. The molecule has 1 amide bonds. The summed E-state index contributed by atoms with van der Waals surface area (Å²) in [7, 11) is 0. The molecular formula is C11H19NOS. The van der Waals surface area contributed by atoms with Crippen molar-refractivity contribution in [1.82, 2.24) is 4.90 Å². The Balaban J connectivity index is 0.000000461. The predicted molar refractivity (Wildman–Crippen MR) is 62.0 cm³/mol. The first-order valence-electron chi connectivity index (χ1n) is 5.24. The van der Waals surface area contributed by atoms with Crippen LogP contribution >= 0.6 is 11.8 Å². The number of amides is 1. The van der Waals surface area contributed by atoms with Crippen LogP contribution in [0.25, 0.3) is 0 Å². The van der Waals surface area contributed by atoms with Gasteiger partial charge in [-0.2, -0.15) is 0 Å². The molecule has 0 aromatic rings. The van der Waals surface area contributed by atoms with E-state index in [0.29, 0.717) is 11.3 Å². The highest BCUT2D eigenvalue weighted by Gasteiger charge is 2.47. The van der Waals surface area contributed by atoms with Gasteiger partial charge in [-0.15, -0.1) is 11.8 Å². The summed E-state index contributed by atoms with van der Waals surface area (Å²) in [6.45, 7) is 10.2. The van der Waals surface area contributed by atoms with Gasteiger partial charge in [0.25, 0.3) is 0 Å². The third-order valence-corrected chi connectivity index (χ3v) is 4.32. The number of thioether (sulfide) groups is 1. The molecule has 2 nitrogen and oxygen atoms in total. The van der Waals surface area contributed by atoms with E-state index >= 15 is 0 Å². The van der Waals surface area contributed by atoms with Gasteiger partial charge in [0, 0.05) is 11.4 Å². The fraction of sp³-hybridized carbons (Fsp3) is 0.727. The Morgan fingerprint density at radius 3 is 2.50 bits per heavy atom. The first-order valence-corrected chi connectivity index (χ1v) is 6.29. The zero-order chi connectivity index (χ0) is 10.9. The average molecular weight is 213 g/mol. The lowest BCUT2D eigenvalue weighted by molar-refractivity contribution is -0.145. The van der Waals surface area contributed by atoms with Crippen molar-refractivity contribution in [3.8, 4) is 0 Å². The van der Waals surface area contributed by atoms with Crippen molar-refractivity contribution in [2.24, 2.45) is 5.92 Å². The summed E-state index contributed by atoms with van der Waals surface area (Å²) in [4.78, 5) is 13.4. The van der Waals surface area contributed by atoms with Crippen molar-refractivity contribution in [1.29, 1.82) is 0 Å². The molecule has 80 valence electrons. The van der Waals surface area contributed by atoms with Crippen LogP contribution in [0.4, 0.5) is 0 Å². The van der Waals surface area contributed by atoms with Gasteiger partial charge in [-0.25, -0.2) is 0 Å². The Labute approximate surface area is 90.7 Å². The molecule has 2 unspecified atom stereocenters. The van der Waals surface area contributed by atoms with Crippen LogP contribution in [0.1, 0.15) is 34.6 Å². The number of carbonyl (C=O) groups excluding carboxylic acids is 1. The number of allylic oxidation sites excluding steroid dienone is 1. The van der Waals surface area contributed by atoms with Gasteiger partial charge in [0.1, 0.15) is 0 Å². The van der Waals surface area contributed by atoms with Gasteiger partial charge in [0.05, 0.1) is 11.3 Å². The van der Waals surface area contributed by atoms with Gasteiger partial charge >= 0.3 is 0 Å². The zero-order valence-corrected chi connectivity index (χ0v) is 10.4. The molecule has 0 aliphatic carbocycles. The first kappa shape index (κ1) is 11.6. The second kappa shape index (κ2) is 4.39. The van der Waals surface area contributed by atoms with Crippen molar-refractivity contribution in [3.63, 3.8) is 0 Å². The summed E-state index contributed by atoms with van der Waals surface area (Å²) in [6.07, 6.45) is 0. The minimum absolute atomic E-state index is 0.234. The summed E-state index contributed by atoms with van der Waals surface area (Å²) in [5.74, 6) is 1.62. The summed E-state index contributed by atoms with van der Waals surface area (Å²) in [6, 6.07) is 0. The molecule has 14 heavy (non-hydrogen) atoms. The van der Waals surface area contributed by atoms with Crippen molar-refractivity contribution < 1.29 is 4.79 Å². The molecule has 0 N–H and O–H groups in total. The third kappa shape index (κ3) is 1.58. The van der Waals surface area contributed by atoms with Gasteiger partial charge in [-0.3, -0.25) is 4.79 Å². The zero-order valence-electron chi connectivity index (χ0n) is 9.63. The van der Waals surface area contributed by atoms with Crippen LogP contribution in [-0.4, -0.2) is 21.9 Å². The quantitative estimate of drug-likeness (QED) is 0.577. The Hall–Kier alpha value is -0.440. The summed E-state index contributed by atoms with van der Waals surface area (Å²) in [5.41, 5.74) is 2.53. The van der Waals surface area contributed by atoms with E-state index in [4.69, 9.17) is 0 Å². The van der Waals surface area contributed by atoms with Crippen LogP contribution in [0.5, 0.6) is 0 Å². The van der Waals surface area contributed by atoms with Crippen LogP contribution in [-0.2, 0) is 4.79 Å². The lowest BCUT2D eigenvalue weighted by Gasteiger charge is -2.48. The number of β-lactam (4-membered cyclic amide) rings is 1. The first-order chi connectivity index (χ1) is 6.63. The maximum absolute atomic E-state index is 11.4. The van der Waals surface area contributed by atoms with Gasteiger partial charge in [0.2, 0.25) is 5.91 Å². The van der Waals surface area contributed by atoms with Gasteiger partial charge < -0.3 is 4.90 Å². The summed E-state index contributed by atoms with van der Waals surface area (Å²) < 4.78 is 0. The minimum Gasteiger partial charge on any atom is -0.303 e. The smallest absolute Gasteiger partial charge is 0.233 e. The maximum Gasteiger partial charge on any atom is 0.233 e. The van der Waals surface area contributed by atoms with Gasteiger partial charge in [-0.1, -0.05) is 20.8 Å². The Bertz CT molecular complexity index is 272. The van der Waals surface area contributed by atoms with Crippen molar-refractivity contribution in [3.05, 3.63) is 11.3 Å². The molecule has 0 radical (unpaired) electrons. The van der Waals surface area contributed by atoms with E-state index in [0.717, 1.165) is 5.75 Å². The molecule has 0 bridgehead atoms. The lowest BCUT2D eigenvalue weighted by atomic mass is 9.98. The minimum atomic E-state index is 0.234. The monoisotopic (exact) mass is 213 g/mol. The molecular weight excluding hydrogens is 194 g/mol. The molecule has 2 atom stereocenters. The second-order valence-corrected chi connectivity index (χ2v) is 4.67. The van der Waals surface area contributed by atoms with Crippen LogP contribution in [0.2, 0.25) is 0 Å². The molecule has 2 aliphatic rings. The predicted octanol–water partition coefficient (Wildman–Crippen LogP) is 2.86. The number of nitrogens with zero attached hydrogens (tertiary/aromatic N) is 1. The number of carbonyl (C=O) groups is 1. The highest BCUT2D eigenvalue weighted by atomic mass is 32.2. The Kier molecular flexibility index (Phi) is 3.65. The van der Waals surface area contributed by atoms with Crippen molar-refractivity contribution in [2.45, 2.75) is 40.0 Å². The highest BCUT2D eigenvalue weighted by Crippen LogP contribution is 2.42. The number of hydrogen-bond donors (Lipinski definition) is 0. The van der Waals surface area contributed by atoms with E-state index in [1.54, 1.807) is 0 Å². The largest absolute Gasteiger partial charge is 0.303 e. The van der Waals surface area contributed by atoms with Crippen LogP contribution in [0.3, 0.4) is 0 Å². The molecule has 0 saturated carbocycles. The third-order valence-electron chi connectivity index (χ3n) is 2.76. The molecule has 1 fully saturated rings. The number of hydrogen-bond acceptors (Lipinski definition) is 2. The van der Waals surface area contributed by atoms with Crippen molar-refractivity contribution in [2.75, 3.05) is 5.75 Å². The molecule has 1 saturated heterocycles. The SMILES string of the molecule is CC.CC1=C(C)N2C(=O)C(C)C2SC1. The molecule has 2 heterocycles. The summed E-state index contributed by atoms with van der Waals surface area (Å²) in [5, 5.41) is 0.432. The van der Waals surface area contributed by atoms with E-state index in [9.17, 15) is 4.79 Å². The summed E-state index contributed by atoms with van der Waals surface area (Å²) >= 11 is 1.88. The number of rotatable bonds is 0. The molecule has 2 rings (SSSR count). The molecule has 0 aromatic carbocycles. The van der Waals surface area contributed by atoms with E-state index in [-0.39, 0.29) is 5.92 Å². The lowest BCUT2D eigenvalue weighted by Crippen LogP contribution is -2.58. The highest BCUT2D eigenvalue weighted by molar-refractivity contribution is 8.00. The van der Waals surface area contributed by atoms with Gasteiger partial charge in [0.15, 0.2) is 0 Å². The normalized spacial score (nSPS) is 30.4. The van der Waals surface area contributed by atoms with Crippen LogP contribution < -0.4 is 0 Å². The molecule has 2 aliphatic heterocycles. The molecule has 0 aromatic heterocycles. The maximum atomic E-state index is 11.4. The second-order valence-electron chi connectivity index (χ2n) is 3.56. The average Bonchev–Trinajstić information content (AvgIpc) is 2.23. The molecule has 0 spiro atoms. The number of fused-ring (bicyclic) bond motifs is 1.